The maximum Gasteiger partial charge on any atom is 0.230 e. The Morgan fingerprint density at radius 3 is 2.55 bits per heavy atom. The third kappa shape index (κ3) is 1.78. The van der Waals surface area contributed by atoms with E-state index >= 15 is 0 Å². The largest absolute Gasteiger partial charge is 0.436 e. The van der Waals surface area contributed by atoms with Crippen LogP contribution in [0.2, 0.25) is 0 Å². The molecule has 4 rings (SSSR count). The van der Waals surface area contributed by atoms with E-state index in [-0.39, 0.29) is 0 Å². The van der Waals surface area contributed by atoms with E-state index in [1.165, 1.54) is 0 Å². The van der Waals surface area contributed by atoms with Gasteiger partial charge < -0.3 is 4.42 Å². The Morgan fingerprint density at radius 2 is 1.70 bits per heavy atom. The van der Waals surface area contributed by atoms with E-state index in [2.05, 4.69) is 10.1 Å². The maximum atomic E-state index is 5.74. The molecule has 4 aromatic rings. The molecular weight excluding hydrogens is 250 g/mol. The average Bonchev–Trinajstić information content (AvgIpc) is 3.14. The van der Waals surface area contributed by atoms with Crippen LogP contribution in [0.5, 0.6) is 0 Å². The molecule has 0 aliphatic carbocycles. The standard InChI is InChI=1S/C16H11N3O/c1-2-6-13(7-3-1)19-11-12(10-17-19)16-18-14-8-4-5-9-15(14)20-16/h1-11H. The molecule has 0 aliphatic heterocycles. The lowest BCUT2D eigenvalue weighted by Gasteiger charge is -1.98. The van der Waals surface area contributed by atoms with Crippen molar-refractivity contribution in [3.63, 3.8) is 0 Å². The van der Waals surface area contributed by atoms with Gasteiger partial charge in [-0.2, -0.15) is 5.10 Å². The van der Waals surface area contributed by atoms with Gasteiger partial charge in [-0.1, -0.05) is 30.3 Å². The van der Waals surface area contributed by atoms with Crippen LogP contribution in [-0.4, -0.2) is 14.8 Å². The lowest BCUT2D eigenvalue weighted by Crippen LogP contribution is -1.92. The maximum absolute atomic E-state index is 5.74. The molecule has 0 saturated carbocycles. The number of hydrogen-bond donors (Lipinski definition) is 0. The molecule has 0 atom stereocenters. The number of para-hydroxylation sites is 3. The van der Waals surface area contributed by atoms with Gasteiger partial charge in [0.2, 0.25) is 5.89 Å². The Morgan fingerprint density at radius 1 is 0.900 bits per heavy atom. The van der Waals surface area contributed by atoms with Crippen LogP contribution in [-0.2, 0) is 0 Å². The summed E-state index contributed by atoms with van der Waals surface area (Å²) in [7, 11) is 0. The average molecular weight is 261 g/mol. The summed E-state index contributed by atoms with van der Waals surface area (Å²) in [6, 6.07) is 17.7. The van der Waals surface area contributed by atoms with Crippen molar-refractivity contribution in [2.45, 2.75) is 0 Å². The summed E-state index contributed by atoms with van der Waals surface area (Å²) in [5, 5.41) is 4.35. The Kier molecular flexibility index (Phi) is 2.39. The topological polar surface area (TPSA) is 43.9 Å². The van der Waals surface area contributed by atoms with Crippen molar-refractivity contribution >= 4 is 11.1 Å². The van der Waals surface area contributed by atoms with Gasteiger partial charge in [0.1, 0.15) is 5.52 Å². The molecule has 96 valence electrons. The second-order valence-electron chi connectivity index (χ2n) is 4.50. The predicted molar refractivity (Wildman–Crippen MR) is 76.6 cm³/mol. The lowest BCUT2D eigenvalue weighted by atomic mass is 10.3. The molecule has 0 N–H and O–H groups in total. The molecule has 0 radical (unpaired) electrons. The lowest BCUT2D eigenvalue weighted by molar-refractivity contribution is 0.620. The fraction of sp³-hybridized carbons (Fsp3) is 0. The van der Waals surface area contributed by atoms with Gasteiger partial charge in [-0.25, -0.2) is 9.67 Å². The van der Waals surface area contributed by atoms with Crippen LogP contribution in [0, 0.1) is 0 Å². The molecule has 2 aromatic carbocycles. The zero-order valence-electron chi connectivity index (χ0n) is 10.6. The predicted octanol–water partition coefficient (Wildman–Crippen LogP) is 3.68. The summed E-state index contributed by atoms with van der Waals surface area (Å²) in [5.74, 6) is 0.591. The molecule has 0 bridgehead atoms. The molecule has 0 unspecified atom stereocenters. The number of rotatable bonds is 2. The Hall–Kier alpha value is -2.88. The number of aromatic nitrogens is 3. The molecule has 4 nitrogen and oxygen atoms in total. The highest BCUT2D eigenvalue weighted by atomic mass is 16.3. The SMILES string of the molecule is c1ccc(-n2cc(-c3nc4ccccc4o3)cn2)cc1. The quantitative estimate of drug-likeness (QED) is 0.553. The summed E-state index contributed by atoms with van der Waals surface area (Å²) in [6.07, 6.45) is 3.68. The number of benzene rings is 2. The van der Waals surface area contributed by atoms with Crippen molar-refractivity contribution < 1.29 is 4.42 Å². The highest BCUT2D eigenvalue weighted by Crippen LogP contribution is 2.24. The number of hydrogen-bond acceptors (Lipinski definition) is 3. The van der Waals surface area contributed by atoms with Crippen molar-refractivity contribution in [3.8, 4) is 17.1 Å². The smallest absolute Gasteiger partial charge is 0.230 e. The molecule has 2 heterocycles. The Balaban J connectivity index is 1.78. The minimum Gasteiger partial charge on any atom is -0.436 e. The third-order valence-corrected chi connectivity index (χ3v) is 3.14. The van der Waals surface area contributed by atoms with E-state index in [1.807, 2.05) is 65.5 Å². The fourth-order valence-electron chi connectivity index (χ4n) is 2.15. The number of fused-ring (bicyclic) bond motifs is 1. The van der Waals surface area contributed by atoms with Crippen LogP contribution in [0.4, 0.5) is 0 Å². The van der Waals surface area contributed by atoms with Crippen LogP contribution in [0.25, 0.3) is 28.2 Å². The normalized spacial score (nSPS) is 11.0. The monoisotopic (exact) mass is 261 g/mol. The van der Waals surface area contributed by atoms with E-state index in [0.29, 0.717) is 5.89 Å². The van der Waals surface area contributed by atoms with E-state index in [0.717, 1.165) is 22.4 Å². The molecule has 0 aliphatic rings. The first-order valence-electron chi connectivity index (χ1n) is 6.36. The van der Waals surface area contributed by atoms with Crippen LogP contribution in [0.3, 0.4) is 0 Å². The minimum atomic E-state index is 0.591. The zero-order chi connectivity index (χ0) is 13.4. The van der Waals surface area contributed by atoms with Gasteiger partial charge in [0.15, 0.2) is 5.58 Å². The van der Waals surface area contributed by atoms with Crippen molar-refractivity contribution in [2.75, 3.05) is 0 Å². The molecule has 0 amide bonds. The molecule has 2 aromatic heterocycles. The second-order valence-corrected chi connectivity index (χ2v) is 4.50. The van der Waals surface area contributed by atoms with Crippen LogP contribution in [0.1, 0.15) is 0 Å². The minimum absolute atomic E-state index is 0.591. The summed E-state index contributed by atoms with van der Waals surface area (Å²) < 4.78 is 7.55. The van der Waals surface area contributed by atoms with Gasteiger partial charge in [0.05, 0.1) is 17.4 Å². The van der Waals surface area contributed by atoms with E-state index in [1.54, 1.807) is 6.20 Å². The van der Waals surface area contributed by atoms with Gasteiger partial charge in [-0.05, 0) is 24.3 Å². The summed E-state index contributed by atoms with van der Waals surface area (Å²) in [6.45, 7) is 0. The van der Waals surface area contributed by atoms with Crippen LogP contribution in [0.15, 0.2) is 71.4 Å². The molecule has 0 fully saturated rings. The molecule has 20 heavy (non-hydrogen) atoms. The first-order valence-corrected chi connectivity index (χ1v) is 6.36. The molecular formula is C16H11N3O. The third-order valence-electron chi connectivity index (χ3n) is 3.14. The van der Waals surface area contributed by atoms with Crippen molar-refractivity contribution in [2.24, 2.45) is 0 Å². The first kappa shape index (κ1) is 11.0. The summed E-state index contributed by atoms with van der Waals surface area (Å²) in [4.78, 5) is 4.47. The van der Waals surface area contributed by atoms with E-state index < -0.39 is 0 Å². The highest BCUT2D eigenvalue weighted by molar-refractivity contribution is 5.75. The summed E-state index contributed by atoms with van der Waals surface area (Å²) >= 11 is 0. The Labute approximate surface area is 115 Å². The fourth-order valence-corrected chi connectivity index (χ4v) is 2.15. The first-order chi connectivity index (χ1) is 9.90. The van der Waals surface area contributed by atoms with Gasteiger partial charge >= 0.3 is 0 Å². The van der Waals surface area contributed by atoms with E-state index in [4.69, 9.17) is 4.42 Å². The zero-order valence-corrected chi connectivity index (χ0v) is 10.6. The second kappa shape index (κ2) is 4.35. The summed E-state index contributed by atoms with van der Waals surface area (Å²) in [5.41, 5.74) is 3.52. The highest BCUT2D eigenvalue weighted by Gasteiger charge is 2.10. The van der Waals surface area contributed by atoms with Crippen molar-refractivity contribution in [1.82, 2.24) is 14.8 Å². The van der Waals surface area contributed by atoms with Crippen LogP contribution < -0.4 is 0 Å². The van der Waals surface area contributed by atoms with Crippen molar-refractivity contribution in [3.05, 3.63) is 67.0 Å². The van der Waals surface area contributed by atoms with Gasteiger partial charge in [-0.3, -0.25) is 0 Å². The molecule has 0 saturated heterocycles. The number of nitrogens with zero attached hydrogens (tertiary/aromatic N) is 3. The Bertz CT molecular complexity index is 828. The molecule has 0 spiro atoms. The van der Waals surface area contributed by atoms with Crippen molar-refractivity contribution in [1.29, 1.82) is 0 Å². The van der Waals surface area contributed by atoms with Gasteiger partial charge in [0.25, 0.3) is 0 Å². The number of oxazole rings is 1. The van der Waals surface area contributed by atoms with E-state index in [9.17, 15) is 0 Å². The molecule has 4 heteroatoms. The van der Waals surface area contributed by atoms with Gasteiger partial charge in [-0.15, -0.1) is 0 Å². The van der Waals surface area contributed by atoms with Crippen LogP contribution >= 0.6 is 0 Å². The van der Waals surface area contributed by atoms with Gasteiger partial charge in [0, 0.05) is 6.20 Å².